The molecule has 102 valence electrons. The lowest BCUT2D eigenvalue weighted by molar-refractivity contribution is 0.381. The fraction of sp³-hybridized carbons (Fsp3) is 0.308. The molecule has 0 saturated carbocycles. The first-order valence-electron chi connectivity index (χ1n) is 5.74. The molecule has 0 fully saturated rings. The van der Waals surface area contributed by atoms with Crippen molar-refractivity contribution >= 4 is 11.6 Å². The van der Waals surface area contributed by atoms with E-state index >= 15 is 0 Å². The van der Waals surface area contributed by atoms with Crippen LogP contribution < -0.4 is 15.2 Å². The van der Waals surface area contributed by atoms with Gasteiger partial charge in [-0.15, -0.1) is 0 Å². The van der Waals surface area contributed by atoms with Crippen LogP contribution in [-0.4, -0.2) is 24.0 Å². The van der Waals surface area contributed by atoms with Crippen molar-refractivity contribution in [3.05, 3.63) is 40.7 Å². The van der Waals surface area contributed by atoms with Crippen LogP contribution in [0.1, 0.15) is 17.3 Å². The number of halogens is 1. The predicted octanol–water partition coefficient (Wildman–Crippen LogP) is 2.14. The second-order valence-corrected chi connectivity index (χ2v) is 4.46. The summed E-state index contributed by atoms with van der Waals surface area (Å²) in [6, 6.07) is 5.04. The Balaban J connectivity index is 2.58. The number of nitrogens with zero attached hydrogens (tertiary/aromatic N) is 2. The normalized spacial score (nSPS) is 12.3. The zero-order valence-corrected chi connectivity index (χ0v) is 11.8. The molecule has 1 aromatic carbocycles. The third-order valence-electron chi connectivity index (χ3n) is 3.01. The molecule has 2 rings (SSSR count). The Labute approximate surface area is 116 Å². The zero-order valence-electron chi connectivity index (χ0n) is 11.1. The molecule has 5 nitrogen and oxygen atoms in total. The van der Waals surface area contributed by atoms with Gasteiger partial charge in [-0.25, -0.2) is 0 Å². The molecule has 1 unspecified atom stereocenters. The maximum atomic E-state index is 6.31. The number of ether oxygens (including phenoxy) is 2. The number of hydrogen-bond acceptors (Lipinski definition) is 4. The van der Waals surface area contributed by atoms with Gasteiger partial charge in [0, 0.05) is 7.05 Å². The highest BCUT2D eigenvalue weighted by atomic mass is 35.5. The third-order valence-corrected chi connectivity index (χ3v) is 3.30. The van der Waals surface area contributed by atoms with Crippen LogP contribution >= 0.6 is 11.6 Å². The van der Waals surface area contributed by atoms with Gasteiger partial charge < -0.3 is 15.2 Å². The van der Waals surface area contributed by atoms with Gasteiger partial charge in [-0.1, -0.05) is 17.7 Å². The second kappa shape index (κ2) is 5.50. The van der Waals surface area contributed by atoms with E-state index in [1.54, 1.807) is 32.1 Å². The number of aromatic nitrogens is 2. The van der Waals surface area contributed by atoms with Gasteiger partial charge in [0.1, 0.15) is 11.5 Å². The molecule has 2 N–H and O–H groups in total. The number of methoxy groups -OCH3 is 2. The highest BCUT2D eigenvalue weighted by molar-refractivity contribution is 6.31. The molecule has 0 aliphatic carbocycles. The third kappa shape index (κ3) is 2.39. The van der Waals surface area contributed by atoms with Crippen molar-refractivity contribution in [3.63, 3.8) is 0 Å². The summed E-state index contributed by atoms with van der Waals surface area (Å²) in [6.45, 7) is 0. The van der Waals surface area contributed by atoms with Gasteiger partial charge in [-0.2, -0.15) is 5.10 Å². The monoisotopic (exact) mass is 281 g/mol. The highest BCUT2D eigenvalue weighted by Crippen LogP contribution is 2.37. The van der Waals surface area contributed by atoms with E-state index in [-0.39, 0.29) is 0 Å². The summed E-state index contributed by atoms with van der Waals surface area (Å²) in [5, 5.41) is 4.61. The summed E-state index contributed by atoms with van der Waals surface area (Å²) >= 11 is 6.14. The first-order chi connectivity index (χ1) is 9.10. The number of benzene rings is 1. The minimum Gasteiger partial charge on any atom is -0.496 e. The molecule has 0 radical (unpaired) electrons. The molecule has 19 heavy (non-hydrogen) atoms. The Morgan fingerprint density at radius 2 is 1.84 bits per heavy atom. The molecule has 2 aromatic rings. The number of rotatable bonds is 4. The van der Waals surface area contributed by atoms with E-state index in [0.717, 1.165) is 5.56 Å². The first kappa shape index (κ1) is 13.7. The Morgan fingerprint density at radius 3 is 2.26 bits per heavy atom. The summed E-state index contributed by atoms with van der Waals surface area (Å²) in [6.07, 6.45) is 1.57. The fourth-order valence-corrected chi connectivity index (χ4v) is 2.38. The van der Waals surface area contributed by atoms with Crippen molar-refractivity contribution in [2.24, 2.45) is 12.8 Å². The topological polar surface area (TPSA) is 62.3 Å². The Morgan fingerprint density at radius 1 is 1.26 bits per heavy atom. The van der Waals surface area contributed by atoms with Crippen molar-refractivity contribution in [1.29, 1.82) is 0 Å². The molecule has 1 aromatic heterocycles. The van der Waals surface area contributed by atoms with Crippen molar-refractivity contribution in [2.75, 3.05) is 14.2 Å². The molecule has 6 heteroatoms. The van der Waals surface area contributed by atoms with E-state index in [0.29, 0.717) is 22.2 Å². The van der Waals surface area contributed by atoms with Gasteiger partial charge in [-0.05, 0) is 12.1 Å². The zero-order chi connectivity index (χ0) is 14.0. The molecule has 1 atom stereocenters. The van der Waals surface area contributed by atoms with Gasteiger partial charge in [0.15, 0.2) is 0 Å². The second-order valence-electron chi connectivity index (χ2n) is 4.06. The predicted molar refractivity (Wildman–Crippen MR) is 73.8 cm³/mol. The molecule has 0 aliphatic heterocycles. The largest absolute Gasteiger partial charge is 0.496 e. The van der Waals surface area contributed by atoms with Gasteiger partial charge >= 0.3 is 0 Å². The Hall–Kier alpha value is -1.72. The van der Waals surface area contributed by atoms with Crippen LogP contribution in [0.15, 0.2) is 24.4 Å². The smallest absolute Gasteiger partial charge is 0.127 e. The van der Waals surface area contributed by atoms with Crippen LogP contribution in [0, 0.1) is 0 Å². The molecule has 0 spiro atoms. The lowest BCUT2D eigenvalue weighted by Crippen LogP contribution is -2.18. The quantitative estimate of drug-likeness (QED) is 0.933. The van der Waals surface area contributed by atoms with Gasteiger partial charge in [0.2, 0.25) is 0 Å². The van der Waals surface area contributed by atoms with Gasteiger partial charge in [0.05, 0.1) is 42.7 Å². The van der Waals surface area contributed by atoms with Crippen LogP contribution in [0.3, 0.4) is 0 Å². The minimum atomic E-state index is -0.480. The van der Waals surface area contributed by atoms with Crippen LogP contribution in [-0.2, 0) is 7.05 Å². The molecule has 0 amide bonds. The summed E-state index contributed by atoms with van der Waals surface area (Å²) in [7, 11) is 4.98. The summed E-state index contributed by atoms with van der Waals surface area (Å²) < 4.78 is 12.4. The maximum Gasteiger partial charge on any atom is 0.127 e. The van der Waals surface area contributed by atoms with Crippen LogP contribution in [0.2, 0.25) is 5.02 Å². The number of aryl methyl sites for hydroxylation is 1. The SMILES string of the molecule is COc1cccc(OC)c1C(N)c1c(Cl)cnn1C. The van der Waals surface area contributed by atoms with Crippen molar-refractivity contribution in [3.8, 4) is 11.5 Å². The number of hydrogen-bond donors (Lipinski definition) is 1. The minimum absolute atomic E-state index is 0.480. The van der Waals surface area contributed by atoms with Crippen molar-refractivity contribution in [2.45, 2.75) is 6.04 Å². The van der Waals surface area contributed by atoms with Crippen molar-refractivity contribution in [1.82, 2.24) is 9.78 Å². The average molecular weight is 282 g/mol. The van der Waals surface area contributed by atoms with E-state index in [2.05, 4.69) is 5.10 Å². The van der Waals surface area contributed by atoms with Crippen LogP contribution in [0.25, 0.3) is 0 Å². The summed E-state index contributed by atoms with van der Waals surface area (Å²) in [4.78, 5) is 0. The molecule has 0 aliphatic rings. The molecular formula is C13H16ClN3O2. The molecular weight excluding hydrogens is 266 g/mol. The van der Waals surface area contributed by atoms with E-state index in [4.69, 9.17) is 26.8 Å². The first-order valence-corrected chi connectivity index (χ1v) is 6.11. The van der Waals surface area contributed by atoms with E-state index < -0.39 is 6.04 Å². The summed E-state index contributed by atoms with van der Waals surface area (Å²) in [5.41, 5.74) is 7.77. The maximum absolute atomic E-state index is 6.31. The lowest BCUT2D eigenvalue weighted by atomic mass is 10.0. The van der Waals surface area contributed by atoms with Crippen LogP contribution in [0.4, 0.5) is 0 Å². The van der Waals surface area contributed by atoms with Crippen LogP contribution in [0.5, 0.6) is 11.5 Å². The van der Waals surface area contributed by atoms with E-state index in [1.807, 2.05) is 18.2 Å². The summed E-state index contributed by atoms with van der Waals surface area (Å²) in [5.74, 6) is 1.31. The number of nitrogens with two attached hydrogens (primary N) is 1. The van der Waals surface area contributed by atoms with Gasteiger partial charge in [0.25, 0.3) is 0 Å². The van der Waals surface area contributed by atoms with E-state index in [1.165, 1.54) is 0 Å². The van der Waals surface area contributed by atoms with Gasteiger partial charge in [-0.3, -0.25) is 4.68 Å². The lowest BCUT2D eigenvalue weighted by Gasteiger charge is -2.19. The molecule has 0 bridgehead atoms. The molecule has 0 saturated heterocycles. The standard InChI is InChI=1S/C13H16ClN3O2/c1-17-13(8(14)7-16-17)12(15)11-9(18-2)5-4-6-10(11)19-3/h4-7,12H,15H2,1-3H3. The highest BCUT2D eigenvalue weighted by Gasteiger charge is 2.23. The van der Waals surface area contributed by atoms with E-state index in [9.17, 15) is 0 Å². The molecule has 1 heterocycles. The average Bonchev–Trinajstić information content (AvgIpc) is 2.76. The Kier molecular flexibility index (Phi) is 3.97. The Bertz CT molecular complexity index is 542. The van der Waals surface area contributed by atoms with Crippen molar-refractivity contribution < 1.29 is 9.47 Å². The fourth-order valence-electron chi connectivity index (χ4n) is 2.09.